The molecule has 0 saturated carbocycles. The first kappa shape index (κ1) is 11.0. The maximum absolute atomic E-state index is 10.6. The highest BCUT2D eigenvalue weighted by Crippen LogP contribution is 2.25. The van der Waals surface area contributed by atoms with Crippen LogP contribution in [0.3, 0.4) is 0 Å². The van der Waals surface area contributed by atoms with Crippen LogP contribution in [0.1, 0.15) is 30.4 Å². The molecule has 0 bridgehead atoms. The van der Waals surface area contributed by atoms with Gasteiger partial charge in [-0.2, -0.15) is 0 Å². The van der Waals surface area contributed by atoms with Crippen LogP contribution in [-0.2, 0) is 17.6 Å². The summed E-state index contributed by atoms with van der Waals surface area (Å²) in [6.45, 7) is 0.369. The number of amides is 1. The molecule has 0 atom stereocenters. The summed E-state index contributed by atoms with van der Waals surface area (Å²) in [5.74, 6) is 0.528. The zero-order chi connectivity index (χ0) is 11.4. The highest BCUT2D eigenvalue weighted by atomic mass is 16.5. The number of carbonyl (C=O) groups is 1. The average molecular weight is 219 g/mol. The summed E-state index contributed by atoms with van der Waals surface area (Å²) in [6.07, 6.45) is 5.14. The van der Waals surface area contributed by atoms with E-state index >= 15 is 0 Å². The van der Waals surface area contributed by atoms with Crippen molar-refractivity contribution >= 4 is 5.91 Å². The quantitative estimate of drug-likeness (QED) is 0.839. The van der Waals surface area contributed by atoms with Crippen molar-refractivity contribution in [1.29, 1.82) is 0 Å². The van der Waals surface area contributed by atoms with Crippen LogP contribution >= 0.6 is 0 Å². The van der Waals surface area contributed by atoms with Gasteiger partial charge in [0.1, 0.15) is 5.75 Å². The molecule has 86 valence electrons. The van der Waals surface area contributed by atoms with Crippen molar-refractivity contribution in [3.05, 3.63) is 29.3 Å². The Morgan fingerprint density at radius 2 is 2.00 bits per heavy atom. The lowest BCUT2D eigenvalue weighted by molar-refractivity contribution is -0.118. The summed E-state index contributed by atoms with van der Waals surface area (Å²) in [7, 11) is 0. The molecule has 0 radical (unpaired) electrons. The van der Waals surface area contributed by atoms with Crippen LogP contribution in [0.4, 0.5) is 0 Å². The number of ether oxygens (including phenoxy) is 1. The highest BCUT2D eigenvalue weighted by Gasteiger charge is 2.09. The minimum Gasteiger partial charge on any atom is -0.493 e. The van der Waals surface area contributed by atoms with Gasteiger partial charge in [-0.05, 0) is 48.9 Å². The molecule has 0 fully saturated rings. The number of benzene rings is 1. The van der Waals surface area contributed by atoms with Crippen molar-refractivity contribution in [2.24, 2.45) is 5.73 Å². The number of fused-ring (bicyclic) bond motifs is 1. The van der Waals surface area contributed by atoms with Crippen molar-refractivity contribution in [2.45, 2.75) is 32.1 Å². The first-order valence-electron chi connectivity index (χ1n) is 5.78. The van der Waals surface area contributed by atoms with Gasteiger partial charge in [-0.15, -0.1) is 0 Å². The first-order valence-corrected chi connectivity index (χ1v) is 5.78. The Labute approximate surface area is 95.6 Å². The molecule has 1 aliphatic rings. The molecule has 2 N–H and O–H groups in total. The molecule has 0 aliphatic heterocycles. The first-order chi connectivity index (χ1) is 7.75. The third-order valence-corrected chi connectivity index (χ3v) is 2.94. The van der Waals surface area contributed by atoms with Crippen molar-refractivity contribution in [2.75, 3.05) is 6.61 Å². The number of primary amides is 1. The predicted molar refractivity (Wildman–Crippen MR) is 62.4 cm³/mol. The minimum absolute atomic E-state index is 0.275. The van der Waals surface area contributed by atoms with E-state index in [2.05, 4.69) is 12.1 Å². The van der Waals surface area contributed by atoms with E-state index in [0.29, 0.717) is 6.61 Å². The number of aryl methyl sites for hydroxylation is 2. The molecule has 1 amide bonds. The Hall–Kier alpha value is -1.51. The monoisotopic (exact) mass is 219 g/mol. The van der Waals surface area contributed by atoms with E-state index in [4.69, 9.17) is 10.5 Å². The van der Waals surface area contributed by atoms with Gasteiger partial charge < -0.3 is 10.5 Å². The van der Waals surface area contributed by atoms with Gasteiger partial charge in [-0.1, -0.05) is 6.07 Å². The second kappa shape index (κ2) is 5.01. The van der Waals surface area contributed by atoms with Crippen LogP contribution in [0, 0.1) is 0 Å². The fourth-order valence-electron chi connectivity index (χ4n) is 2.07. The Bertz CT molecular complexity index is 388. The Morgan fingerprint density at radius 3 is 2.75 bits per heavy atom. The van der Waals surface area contributed by atoms with Crippen LogP contribution in [-0.4, -0.2) is 12.5 Å². The van der Waals surface area contributed by atoms with Gasteiger partial charge in [0.25, 0.3) is 0 Å². The van der Waals surface area contributed by atoms with Gasteiger partial charge in [0.2, 0.25) is 5.91 Å². The van der Waals surface area contributed by atoms with Gasteiger partial charge in [0.05, 0.1) is 13.0 Å². The number of hydrogen-bond acceptors (Lipinski definition) is 2. The molecule has 1 aromatic rings. The summed E-state index contributed by atoms with van der Waals surface area (Å²) >= 11 is 0. The average Bonchev–Trinajstić information content (AvgIpc) is 2.28. The van der Waals surface area contributed by atoms with Crippen LogP contribution in [0.5, 0.6) is 5.75 Å². The molecule has 1 aromatic carbocycles. The largest absolute Gasteiger partial charge is 0.493 e. The smallest absolute Gasteiger partial charge is 0.220 e. The molecule has 0 spiro atoms. The Balaban J connectivity index is 1.97. The molecule has 0 unspecified atom stereocenters. The number of rotatable bonds is 4. The molecular formula is C13H17NO2. The standard InChI is InChI=1S/C13H17NO2/c14-13(15)7-8-16-12-6-5-10-3-1-2-4-11(10)9-12/h5-6,9H,1-4,7-8H2,(H2,14,15). The number of hydrogen-bond donors (Lipinski definition) is 1. The molecule has 16 heavy (non-hydrogen) atoms. The Morgan fingerprint density at radius 1 is 1.25 bits per heavy atom. The fourth-order valence-corrected chi connectivity index (χ4v) is 2.07. The zero-order valence-corrected chi connectivity index (χ0v) is 9.37. The molecule has 0 heterocycles. The fraction of sp³-hybridized carbons (Fsp3) is 0.462. The molecule has 0 aromatic heterocycles. The van der Waals surface area contributed by atoms with Gasteiger partial charge in [-0.3, -0.25) is 4.79 Å². The summed E-state index contributed by atoms with van der Waals surface area (Å²) in [6, 6.07) is 6.20. The van der Waals surface area contributed by atoms with Crippen LogP contribution in [0.2, 0.25) is 0 Å². The lowest BCUT2D eigenvalue weighted by Gasteiger charge is -2.16. The summed E-state index contributed by atoms with van der Waals surface area (Å²) in [5, 5.41) is 0. The van der Waals surface area contributed by atoms with Crippen LogP contribution in [0.15, 0.2) is 18.2 Å². The van der Waals surface area contributed by atoms with Crippen LogP contribution in [0.25, 0.3) is 0 Å². The molecule has 1 aliphatic carbocycles. The third kappa shape index (κ3) is 2.75. The predicted octanol–water partition coefficient (Wildman–Crippen LogP) is 1.82. The maximum atomic E-state index is 10.6. The van der Waals surface area contributed by atoms with E-state index in [-0.39, 0.29) is 12.3 Å². The number of nitrogens with two attached hydrogens (primary N) is 1. The highest BCUT2D eigenvalue weighted by molar-refractivity contribution is 5.73. The second-order valence-corrected chi connectivity index (χ2v) is 4.20. The summed E-state index contributed by atoms with van der Waals surface area (Å²) in [4.78, 5) is 10.6. The second-order valence-electron chi connectivity index (χ2n) is 4.20. The molecule has 3 nitrogen and oxygen atoms in total. The Kier molecular flexibility index (Phi) is 3.44. The van der Waals surface area contributed by atoms with Gasteiger partial charge in [-0.25, -0.2) is 0 Å². The molecule has 2 rings (SSSR count). The SMILES string of the molecule is NC(=O)CCOc1ccc2c(c1)CCCC2. The maximum Gasteiger partial charge on any atom is 0.220 e. The lowest BCUT2D eigenvalue weighted by Crippen LogP contribution is -2.14. The van der Waals surface area contributed by atoms with E-state index in [1.807, 2.05) is 6.07 Å². The van der Waals surface area contributed by atoms with Gasteiger partial charge >= 0.3 is 0 Å². The van der Waals surface area contributed by atoms with Crippen molar-refractivity contribution in [1.82, 2.24) is 0 Å². The van der Waals surface area contributed by atoms with Gasteiger partial charge in [0.15, 0.2) is 0 Å². The lowest BCUT2D eigenvalue weighted by atomic mass is 9.92. The minimum atomic E-state index is -0.321. The normalized spacial score (nSPS) is 14.2. The van der Waals surface area contributed by atoms with Crippen molar-refractivity contribution < 1.29 is 9.53 Å². The summed E-state index contributed by atoms with van der Waals surface area (Å²) < 4.78 is 5.48. The van der Waals surface area contributed by atoms with E-state index < -0.39 is 0 Å². The van der Waals surface area contributed by atoms with E-state index in [1.165, 1.54) is 30.4 Å². The van der Waals surface area contributed by atoms with E-state index in [0.717, 1.165) is 12.2 Å². The van der Waals surface area contributed by atoms with E-state index in [9.17, 15) is 4.79 Å². The molecule has 0 saturated heterocycles. The third-order valence-electron chi connectivity index (χ3n) is 2.94. The van der Waals surface area contributed by atoms with E-state index in [1.54, 1.807) is 0 Å². The summed E-state index contributed by atoms with van der Waals surface area (Å²) in [5.41, 5.74) is 7.88. The number of carbonyl (C=O) groups excluding carboxylic acids is 1. The molecule has 3 heteroatoms. The van der Waals surface area contributed by atoms with Crippen molar-refractivity contribution in [3.8, 4) is 5.75 Å². The van der Waals surface area contributed by atoms with Crippen molar-refractivity contribution in [3.63, 3.8) is 0 Å². The zero-order valence-electron chi connectivity index (χ0n) is 9.37. The molecular weight excluding hydrogens is 202 g/mol. The van der Waals surface area contributed by atoms with Crippen LogP contribution < -0.4 is 10.5 Å². The van der Waals surface area contributed by atoms with Gasteiger partial charge in [0, 0.05) is 0 Å². The topological polar surface area (TPSA) is 52.3 Å².